The molecule has 0 aromatic heterocycles. The third kappa shape index (κ3) is 6.41. The van der Waals surface area contributed by atoms with Crippen molar-refractivity contribution in [3.63, 3.8) is 0 Å². The first kappa shape index (κ1) is 22.1. The van der Waals surface area contributed by atoms with E-state index >= 15 is 0 Å². The first-order chi connectivity index (χ1) is 13.7. The highest BCUT2D eigenvalue weighted by molar-refractivity contribution is 5.97. The third-order valence-electron chi connectivity index (χ3n) is 4.41. The van der Waals surface area contributed by atoms with Crippen molar-refractivity contribution in [2.24, 2.45) is 5.92 Å². The number of anilines is 1. The summed E-state index contributed by atoms with van der Waals surface area (Å²) >= 11 is 0. The standard InChI is InChI=1S/C22H26FN3O3/c1-13(2)20(26-21(28)16-8-10-18(23)11-9-16)22(29)24-14(3)17-6-5-7-19(12-17)25-15(4)27/h5-14,20H,1-4H3,(H,24,29)(H,25,27)(H,26,28). The fraction of sp³-hybridized carbons (Fsp3) is 0.318. The second kappa shape index (κ2) is 9.82. The number of carbonyl (C=O) groups is 3. The van der Waals surface area contributed by atoms with Gasteiger partial charge in [-0.05, 0) is 54.8 Å². The predicted octanol–water partition coefficient (Wildman–Crippen LogP) is 3.42. The number of carbonyl (C=O) groups excluding carboxylic acids is 3. The number of nitrogens with one attached hydrogen (secondary N) is 3. The molecular formula is C22H26FN3O3. The minimum absolute atomic E-state index is 0.155. The van der Waals surface area contributed by atoms with Gasteiger partial charge in [0.15, 0.2) is 0 Å². The van der Waals surface area contributed by atoms with Crippen LogP contribution >= 0.6 is 0 Å². The van der Waals surface area contributed by atoms with Gasteiger partial charge in [0.05, 0.1) is 6.04 Å². The molecule has 7 heteroatoms. The van der Waals surface area contributed by atoms with Crippen molar-refractivity contribution in [1.82, 2.24) is 10.6 Å². The van der Waals surface area contributed by atoms with Gasteiger partial charge in [0, 0.05) is 18.2 Å². The fourth-order valence-electron chi connectivity index (χ4n) is 2.84. The van der Waals surface area contributed by atoms with Gasteiger partial charge in [-0.2, -0.15) is 0 Å². The van der Waals surface area contributed by atoms with Crippen molar-refractivity contribution in [3.05, 3.63) is 65.5 Å². The van der Waals surface area contributed by atoms with Gasteiger partial charge in [-0.15, -0.1) is 0 Å². The van der Waals surface area contributed by atoms with Crippen LogP contribution in [0.25, 0.3) is 0 Å². The van der Waals surface area contributed by atoms with E-state index in [2.05, 4.69) is 16.0 Å². The van der Waals surface area contributed by atoms with Gasteiger partial charge in [0.2, 0.25) is 11.8 Å². The van der Waals surface area contributed by atoms with Crippen LogP contribution in [0.3, 0.4) is 0 Å². The molecule has 2 aromatic rings. The Morgan fingerprint density at radius 3 is 2.17 bits per heavy atom. The summed E-state index contributed by atoms with van der Waals surface area (Å²) in [5.41, 5.74) is 1.74. The molecule has 3 N–H and O–H groups in total. The highest BCUT2D eigenvalue weighted by atomic mass is 19.1. The normalized spacial score (nSPS) is 12.8. The third-order valence-corrected chi connectivity index (χ3v) is 4.41. The average Bonchev–Trinajstić information content (AvgIpc) is 2.65. The topological polar surface area (TPSA) is 87.3 Å². The first-order valence-electron chi connectivity index (χ1n) is 9.41. The molecule has 2 aromatic carbocycles. The number of amides is 3. The van der Waals surface area contributed by atoms with E-state index in [9.17, 15) is 18.8 Å². The maximum atomic E-state index is 13.1. The minimum Gasteiger partial charge on any atom is -0.348 e. The summed E-state index contributed by atoms with van der Waals surface area (Å²) in [5.74, 6) is -1.54. The van der Waals surface area contributed by atoms with Gasteiger partial charge in [0.1, 0.15) is 11.9 Å². The predicted molar refractivity (Wildman–Crippen MR) is 110 cm³/mol. The molecule has 0 fully saturated rings. The minimum atomic E-state index is -0.756. The molecule has 0 spiro atoms. The van der Waals surface area contributed by atoms with Crippen LogP contribution in [0.2, 0.25) is 0 Å². The Morgan fingerprint density at radius 1 is 0.931 bits per heavy atom. The van der Waals surface area contributed by atoms with E-state index in [1.165, 1.54) is 31.2 Å². The van der Waals surface area contributed by atoms with Gasteiger partial charge >= 0.3 is 0 Å². The van der Waals surface area contributed by atoms with Crippen molar-refractivity contribution in [3.8, 4) is 0 Å². The zero-order valence-corrected chi connectivity index (χ0v) is 17.0. The Labute approximate surface area is 169 Å². The van der Waals surface area contributed by atoms with Gasteiger partial charge < -0.3 is 16.0 Å². The van der Waals surface area contributed by atoms with Crippen molar-refractivity contribution >= 4 is 23.4 Å². The number of rotatable bonds is 7. The Bertz CT molecular complexity index is 881. The average molecular weight is 399 g/mol. The number of hydrogen-bond donors (Lipinski definition) is 3. The molecule has 3 amide bonds. The van der Waals surface area contributed by atoms with Crippen molar-refractivity contribution < 1.29 is 18.8 Å². The zero-order valence-electron chi connectivity index (χ0n) is 17.0. The molecule has 2 unspecified atom stereocenters. The SMILES string of the molecule is CC(=O)Nc1cccc(C(C)NC(=O)C(NC(=O)c2ccc(F)cc2)C(C)C)c1. The van der Waals surface area contributed by atoms with Gasteiger partial charge in [-0.1, -0.05) is 26.0 Å². The Morgan fingerprint density at radius 2 is 1.59 bits per heavy atom. The van der Waals surface area contributed by atoms with Gasteiger partial charge in [-0.25, -0.2) is 4.39 Å². The monoisotopic (exact) mass is 399 g/mol. The van der Waals surface area contributed by atoms with E-state index in [4.69, 9.17) is 0 Å². The van der Waals surface area contributed by atoms with Crippen molar-refractivity contribution in [2.75, 3.05) is 5.32 Å². The lowest BCUT2D eigenvalue weighted by Crippen LogP contribution is -2.50. The second-order valence-electron chi connectivity index (χ2n) is 7.24. The quantitative estimate of drug-likeness (QED) is 0.667. The molecule has 0 aliphatic heterocycles. The Kier molecular flexibility index (Phi) is 7.47. The first-order valence-corrected chi connectivity index (χ1v) is 9.41. The van der Waals surface area contributed by atoms with E-state index in [1.807, 2.05) is 26.8 Å². The lowest BCUT2D eigenvalue weighted by molar-refractivity contribution is -0.124. The number of hydrogen-bond acceptors (Lipinski definition) is 3. The summed E-state index contributed by atoms with van der Waals surface area (Å²) in [7, 11) is 0. The van der Waals surface area contributed by atoms with Crippen LogP contribution in [0.5, 0.6) is 0 Å². The van der Waals surface area contributed by atoms with Gasteiger partial charge in [-0.3, -0.25) is 14.4 Å². The zero-order chi connectivity index (χ0) is 21.6. The van der Waals surface area contributed by atoms with Crippen LogP contribution in [0, 0.1) is 11.7 Å². The van der Waals surface area contributed by atoms with Gasteiger partial charge in [0.25, 0.3) is 5.91 Å². The summed E-state index contributed by atoms with van der Waals surface area (Å²) in [4.78, 5) is 36.5. The van der Waals surface area contributed by atoms with Crippen molar-refractivity contribution in [1.29, 1.82) is 0 Å². The van der Waals surface area contributed by atoms with Crippen LogP contribution in [0.1, 0.15) is 49.7 Å². The van der Waals surface area contributed by atoms with E-state index in [1.54, 1.807) is 18.2 Å². The molecular weight excluding hydrogens is 373 g/mol. The highest BCUT2D eigenvalue weighted by Gasteiger charge is 2.26. The number of halogens is 1. The maximum Gasteiger partial charge on any atom is 0.251 e. The lowest BCUT2D eigenvalue weighted by atomic mass is 10.0. The maximum absolute atomic E-state index is 13.1. The van der Waals surface area contributed by atoms with E-state index in [0.717, 1.165) is 5.56 Å². The largest absolute Gasteiger partial charge is 0.348 e. The molecule has 0 saturated carbocycles. The lowest BCUT2D eigenvalue weighted by Gasteiger charge is -2.24. The second-order valence-corrected chi connectivity index (χ2v) is 7.24. The molecule has 0 radical (unpaired) electrons. The smallest absolute Gasteiger partial charge is 0.251 e. The van der Waals surface area contributed by atoms with Crippen LogP contribution < -0.4 is 16.0 Å². The molecule has 0 bridgehead atoms. The molecule has 2 atom stereocenters. The molecule has 0 aliphatic rings. The summed E-state index contributed by atoms with van der Waals surface area (Å²) in [6.07, 6.45) is 0. The van der Waals surface area contributed by atoms with E-state index in [-0.39, 0.29) is 29.3 Å². The Hall–Kier alpha value is -3.22. The van der Waals surface area contributed by atoms with E-state index < -0.39 is 17.8 Å². The molecule has 29 heavy (non-hydrogen) atoms. The summed E-state index contributed by atoms with van der Waals surface area (Å²) in [6.45, 7) is 6.91. The summed E-state index contributed by atoms with van der Waals surface area (Å²) in [5, 5.41) is 8.32. The molecule has 0 saturated heterocycles. The summed E-state index contributed by atoms with van der Waals surface area (Å²) < 4.78 is 13.1. The fourth-order valence-corrected chi connectivity index (χ4v) is 2.84. The van der Waals surface area contributed by atoms with Crippen molar-refractivity contribution in [2.45, 2.75) is 39.8 Å². The molecule has 2 rings (SSSR count). The summed E-state index contributed by atoms with van der Waals surface area (Å²) in [6, 6.07) is 11.2. The molecule has 0 heterocycles. The number of benzene rings is 2. The molecule has 6 nitrogen and oxygen atoms in total. The van der Waals surface area contributed by atoms with Crippen LogP contribution in [0.15, 0.2) is 48.5 Å². The van der Waals surface area contributed by atoms with E-state index in [0.29, 0.717) is 5.69 Å². The van der Waals surface area contributed by atoms with Crippen LogP contribution in [-0.4, -0.2) is 23.8 Å². The molecule has 154 valence electrons. The molecule has 0 aliphatic carbocycles. The highest BCUT2D eigenvalue weighted by Crippen LogP contribution is 2.18. The van der Waals surface area contributed by atoms with Crippen LogP contribution in [-0.2, 0) is 9.59 Å². The Balaban J connectivity index is 2.07. The van der Waals surface area contributed by atoms with Crippen LogP contribution in [0.4, 0.5) is 10.1 Å².